The summed E-state index contributed by atoms with van der Waals surface area (Å²) < 4.78 is 30.8. The van der Waals surface area contributed by atoms with Crippen molar-refractivity contribution >= 4 is 40.1 Å². The minimum absolute atomic E-state index is 0.301. The van der Waals surface area contributed by atoms with E-state index < -0.39 is 54.6 Å². The maximum Gasteiger partial charge on any atom is 0.303 e. The fraction of sp³-hybridized carbons (Fsp3) is 0.714. The lowest BCUT2D eigenvalue weighted by Crippen LogP contribution is -2.62. The van der Waals surface area contributed by atoms with Crippen molar-refractivity contribution in [1.82, 2.24) is 0 Å². The Kier molecular flexibility index (Phi) is 8.26. The van der Waals surface area contributed by atoms with Crippen LogP contribution in [0.1, 0.15) is 27.7 Å². The van der Waals surface area contributed by atoms with E-state index in [1.165, 1.54) is 6.92 Å². The average Bonchev–Trinajstić information content (AvgIpc) is 2.48. The second kappa shape index (κ2) is 9.68. The van der Waals surface area contributed by atoms with E-state index in [0.717, 1.165) is 20.8 Å². The maximum absolute atomic E-state index is 11.5. The van der Waals surface area contributed by atoms with Crippen LogP contribution in [-0.2, 0) is 46.7 Å². The maximum atomic E-state index is 11.5. The predicted octanol–water partition coefficient (Wildman–Crippen LogP) is 0.396. The zero-order chi connectivity index (χ0) is 19.1. The molecule has 0 amide bonds. The van der Waals surface area contributed by atoms with E-state index in [1.807, 2.05) is 0 Å². The van der Waals surface area contributed by atoms with Crippen LogP contribution in [0, 0.1) is 0 Å². The third-order valence-corrected chi connectivity index (χ3v) is 3.40. The highest BCUT2D eigenvalue weighted by Crippen LogP contribution is 2.30. The van der Waals surface area contributed by atoms with Crippen LogP contribution in [0.15, 0.2) is 0 Å². The smallest absolute Gasteiger partial charge is 0.303 e. The van der Waals surface area contributed by atoms with Gasteiger partial charge in [-0.15, -0.1) is 0 Å². The van der Waals surface area contributed by atoms with Gasteiger partial charge in [-0.3, -0.25) is 23.0 Å². The van der Waals surface area contributed by atoms with Crippen LogP contribution < -0.4 is 0 Å². The molecule has 0 saturated carbocycles. The molecule has 1 fully saturated rings. The third-order valence-electron chi connectivity index (χ3n) is 3.04. The van der Waals surface area contributed by atoms with Crippen LogP contribution in [0.3, 0.4) is 0 Å². The molecule has 1 aliphatic rings. The predicted molar refractivity (Wildman–Crippen MR) is 82.0 cm³/mol. The van der Waals surface area contributed by atoms with Crippen molar-refractivity contribution in [2.75, 3.05) is 6.61 Å². The number of esters is 4. The zero-order valence-electron chi connectivity index (χ0n) is 14.1. The molecule has 1 unspecified atom stereocenters. The second-order valence-electron chi connectivity index (χ2n) is 5.16. The molecule has 1 saturated heterocycles. The van der Waals surface area contributed by atoms with Crippen LogP contribution in [0.4, 0.5) is 0 Å². The molecule has 0 spiro atoms. The standard InChI is InChI=1S/C14H19BrO10/c1-6(16)20-5-10-11(21-7(2)17)12(22-8(3)18)13(23-9(4)19)14(24-10)25-15/h10-14H,5H2,1-4H3/t10-,11-,12+,13+,14?/m1/s1. The molecule has 10 nitrogen and oxygen atoms in total. The lowest BCUT2D eigenvalue weighted by Gasteiger charge is -2.43. The summed E-state index contributed by atoms with van der Waals surface area (Å²) in [6.07, 6.45) is -5.88. The van der Waals surface area contributed by atoms with Crippen molar-refractivity contribution in [3.8, 4) is 0 Å². The van der Waals surface area contributed by atoms with Crippen molar-refractivity contribution in [2.45, 2.75) is 58.4 Å². The van der Waals surface area contributed by atoms with Gasteiger partial charge < -0.3 is 23.7 Å². The normalized spacial score (nSPS) is 28.6. The summed E-state index contributed by atoms with van der Waals surface area (Å²) in [5.74, 6) is -2.69. The van der Waals surface area contributed by atoms with Gasteiger partial charge in [0.1, 0.15) is 29.0 Å². The first kappa shape index (κ1) is 21.3. The van der Waals surface area contributed by atoms with Gasteiger partial charge in [0.15, 0.2) is 18.3 Å². The van der Waals surface area contributed by atoms with Gasteiger partial charge in [-0.2, -0.15) is 0 Å². The lowest BCUT2D eigenvalue weighted by atomic mass is 9.98. The average molecular weight is 427 g/mol. The summed E-state index contributed by atoms with van der Waals surface area (Å²) in [5.41, 5.74) is 0. The Morgan fingerprint density at radius 1 is 0.800 bits per heavy atom. The lowest BCUT2D eigenvalue weighted by molar-refractivity contribution is -0.284. The minimum Gasteiger partial charge on any atom is -0.463 e. The summed E-state index contributed by atoms with van der Waals surface area (Å²) in [6, 6.07) is 0. The molecule has 1 aliphatic heterocycles. The highest BCUT2D eigenvalue weighted by molar-refractivity contribution is 9.06. The van der Waals surface area contributed by atoms with E-state index >= 15 is 0 Å². The van der Waals surface area contributed by atoms with E-state index in [4.69, 9.17) is 27.5 Å². The molecule has 0 N–H and O–H groups in total. The zero-order valence-corrected chi connectivity index (χ0v) is 15.6. The Morgan fingerprint density at radius 3 is 1.72 bits per heavy atom. The molecule has 1 rings (SSSR count). The van der Waals surface area contributed by atoms with Gasteiger partial charge >= 0.3 is 23.9 Å². The Hall–Kier alpha value is -1.72. The summed E-state index contributed by atoms with van der Waals surface area (Å²) in [6.45, 7) is 4.30. The molecule has 0 radical (unpaired) electrons. The van der Waals surface area contributed by atoms with Crippen molar-refractivity contribution in [3.05, 3.63) is 0 Å². The van der Waals surface area contributed by atoms with Gasteiger partial charge in [-0.05, 0) is 0 Å². The molecule has 11 heteroatoms. The molecule has 142 valence electrons. The quantitative estimate of drug-likeness (QED) is 0.435. The monoisotopic (exact) mass is 426 g/mol. The summed E-state index contributed by atoms with van der Waals surface area (Å²) in [7, 11) is 0. The molecule has 0 aromatic carbocycles. The molecular formula is C14H19BrO10. The number of hydrogen-bond acceptors (Lipinski definition) is 10. The van der Waals surface area contributed by atoms with Crippen LogP contribution in [-0.4, -0.2) is 61.2 Å². The van der Waals surface area contributed by atoms with Crippen molar-refractivity contribution < 1.29 is 46.7 Å². The van der Waals surface area contributed by atoms with Gasteiger partial charge in [0.2, 0.25) is 6.29 Å². The van der Waals surface area contributed by atoms with E-state index in [-0.39, 0.29) is 6.61 Å². The number of halogens is 1. The first-order chi connectivity index (χ1) is 11.6. The first-order valence-corrected chi connectivity index (χ1v) is 7.88. The van der Waals surface area contributed by atoms with Crippen LogP contribution in [0.25, 0.3) is 0 Å². The summed E-state index contributed by atoms with van der Waals surface area (Å²) >= 11 is 2.74. The van der Waals surface area contributed by atoms with Gasteiger partial charge in [0.05, 0.1) is 0 Å². The highest BCUT2D eigenvalue weighted by Gasteiger charge is 2.52. The van der Waals surface area contributed by atoms with E-state index in [2.05, 4.69) is 16.3 Å². The number of hydrogen-bond donors (Lipinski definition) is 0. The Bertz CT molecular complexity index is 522. The first-order valence-electron chi connectivity index (χ1n) is 7.23. The molecule has 0 aliphatic carbocycles. The third kappa shape index (κ3) is 6.59. The minimum atomic E-state index is -1.23. The molecule has 1 heterocycles. The second-order valence-corrected chi connectivity index (χ2v) is 5.53. The van der Waals surface area contributed by atoms with Gasteiger partial charge in [-0.1, -0.05) is 0 Å². The number of ether oxygens (including phenoxy) is 5. The number of carbonyl (C=O) groups excluding carboxylic acids is 4. The number of rotatable bonds is 6. The fourth-order valence-corrected chi connectivity index (χ4v) is 2.56. The van der Waals surface area contributed by atoms with Crippen LogP contribution in [0.2, 0.25) is 0 Å². The van der Waals surface area contributed by atoms with Crippen LogP contribution >= 0.6 is 16.3 Å². The van der Waals surface area contributed by atoms with E-state index in [1.54, 1.807) is 0 Å². The highest BCUT2D eigenvalue weighted by atomic mass is 79.9. The Balaban J connectivity index is 3.18. The summed E-state index contributed by atoms with van der Waals surface area (Å²) in [4.78, 5) is 45.3. The topological polar surface area (TPSA) is 124 Å². The molecule has 0 bridgehead atoms. The van der Waals surface area contributed by atoms with E-state index in [9.17, 15) is 19.2 Å². The molecule has 5 atom stereocenters. The van der Waals surface area contributed by atoms with Crippen LogP contribution in [0.5, 0.6) is 0 Å². The van der Waals surface area contributed by atoms with Gasteiger partial charge in [0, 0.05) is 27.7 Å². The fourth-order valence-electron chi connectivity index (χ4n) is 2.26. The summed E-state index contributed by atoms with van der Waals surface area (Å²) in [5, 5.41) is 0. The largest absolute Gasteiger partial charge is 0.463 e. The van der Waals surface area contributed by atoms with Gasteiger partial charge in [-0.25, -0.2) is 0 Å². The Morgan fingerprint density at radius 2 is 1.28 bits per heavy atom. The Labute approximate surface area is 152 Å². The SMILES string of the molecule is CC(=O)OC[C@H]1OC(OBr)[C@@H](OC(C)=O)[C@@H](OC(C)=O)[C@@H]1OC(C)=O. The number of carbonyl (C=O) groups is 4. The molecule has 0 aromatic rings. The van der Waals surface area contributed by atoms with Crippen molar-refractivity contribution in [3.63, 3.8) is 0 Å². The molecule has 0 aromatic heterocycles. The van der Waals surface area contributed by atoms with E-state index in [0.29, 0.717) is 0 Å². The van der Waals surface area contributed by atoms with Crippen molar-refractivity contribution in [2.24, 2.45) is 0 Å². The van der Waals surface area contributed by atoms with Crippen molar-refractivity contribution in [1.29, 1.82) is 0 Å². The molecule has 25 heavy (non-hydrogen) atoms. The van der Waals surface area contributed by atoms with Gasteiger partial charge in [0.25, 0.3) is 0 Å². The molecular weight excluding hydrogens is 408 g/mol.